The molecule has 2 aromatic carbocycles. The van der Waals surface area contributed by atoms with E-state index in [0.717, 1.165) is 10.4 Å². The molecule has 0 spiro atoms. The van der Waals surface area contributed by atoms with E-state index in [1.54, 1.807) is 12.1 Å². The molecule has 0 saturated carbocycles. The number of methoxy groups -OCH3 is 3. The first kappa shape index (κ1) is 23.2. The second kappa shape index (κ2) is 10.2. The zero-order valence-electron chi connectivity index (χ0n) is 17.5. The van der Waals surface area contributed by atoms with Gasteiger partial charge < -0.3 is 24.6 Å². The molecule has 0 bridgehead atoms. The molecule has 3 aromatic rings. The van der Waals surface area contributed by atoms with Crippen LogP contribution in [0.4, 0.5) is 0 Å². The maximum Gasteiger partial charge on any atom is 0.352 e. The van der Waals surface area contributed by atoms with Crippen molar-refractivity contribution in [2.24, 2.45) is 0 Å². The highest BCUT2D eigenvalue weighted by Crippen LogP contribution is 2.38. The quantitative estimate of drug-likeness (QED) is 0.449. The average molecular weight is 474 g/mol. The molecule has 7 nitrogen and oxygen atoms in total. The number of nitrogens with one attached hydrogen (secondary N) is 1. The van der Waals surface area contributed by atoms with E-state index < -0.39 is 11.9 Å². The summed E-state index contributed by atoms with van der Waals surface area (Å²) in [5.41, 5.74) is 0.711. The van der Waals surface area contributed by atoms with E-state index >= 15 is 0 Å². The lowest BCUT2D eigenvalue weighted by Crippen LogP contribution is -2.27. The van der Waals surface area contributed by atoms with Crippen molar-refractivity contribution < 1.29 is 28.9 Å². The molecular formula is C23H20ClNO6S. The highest BCUT2D eigenvalue weighted by Gasteiger charge is 2.19. The van der Waals surface area contributed by atoms with Gasteiger partial charge in [-0.2, -0.15) is 0 Å². The van der Waals surface area contributed by atoms with Crippen LogP contribution in [0.25, 0.3) is 16.5 Å². The number of carboxylic acid groups (broad SMARTS) is 1. The number of hydrogen-bond donors (Lipinski definition) is 2. The highest BCUT2D eigenvalue weighted by atomic mass is 35.5. The molecule has 0 atom stereocenters. The van der Waals surface area contributed by atoms with Crippen molar-refractivity contribution in [2.45, 2.75) is 0 Å². The summed E-state index contributed by atoms with van der Waals surface area (Å²) in [6, 6.07) is 13.9. The number of rotatable bonds is 8. The lowest BCUT2D eigenvalue weighted by atomic mass is 10.1. The van der Waals surface area contributed by atoms with Gasteiger partial charge >= 0.3 is 5.97 Å². The smallest absolute Gasteiger partial charge is 0.352 e. The van der Waals surface area contributed by atoms with Crippen LogP contribution in [0.5, 0.6) is 17.2 Å². The molecule has 0 radical (unpaired) electrons. The van der Waals surface area contributed by atoms with Gasteiger partial charge in [0.05, 0.1) is 21.3 Å². The van der Waals surface area contributed by atoms with Crippen molar-refractivity contribution in [3.63, 3.8) is 0 Å². The van der Waals surface area contributed by atoms with Gasteiger partial charge in [0.25, 0.3) is 5.91 Å². The van der Waals surface area contributed by atoms with Crippen molar-refractivity contribution in [3.8, 4) is 27.7 Å². The number of carboxylic acids is 1. The van der Waals surface area contributed by atoms with Gasteiger partial charge in [0.1, 0.15) is 5.70 Å². The summed E-state index contributed by atoms with van der Waals surface area (Å²) in [7, 11) is 4.30. The fourth-order valence-electron chi connectivity index (χ4n) is 2.94. The average Bonchev–Trinajstić information content (AvgIpc) is 3.25. The molecule has 0 aliphatic heterocycles. The molecule has 2 N–H and O–H groups in total. The first-order valence-corrected chi connectivity index (χ1v) is 10.5. The van der Waals surface area contributed by atoms with Gasteiger partial charge in [0.15, 0.2) is 11.5 Å². The number of hydrogen-bond acceptors (Lipinski definition) is 6. The lowest BCUT2D eigenvalue weighted by Gasteiger charge is -2.14. The number of benzene rings is 2. The van der Waals surface area contributed by atoms with Crippen molar-refractivity contribution >= 4 is 40.9 Å². The standard InChI is InChI=1S/C23H20ClNO6S/c1-29-18-10-13(11-19(30-2)21(18)31-3)22(26)25-17(23(27)28)12-14-8-9-20(32-14)15-6-4-5-7-16(15)24/h4-12H,1-3H3,(H,25,26)(H,27,28). The van der Waals surface area contributed by atoms with E-state index in [2.05, 4.69) is 5.32 Å². The van der Waals surface area contributed by atoms with Crippen LogP contribution in [-0.4, -0.2) is 38.3 Å². The lowest BCUT2D eigenvalue weighted by molar-refractivity contribution is -0.132. The van der Waals surface area contributed by atoms with E-state index in [1.165, 1.54) is 50.9 Å². The van der Waals surface area contributed by atoms with Crippen LogP contribution in [0, 0.1) is 0 Å². The molecule has 1 amide bonds. The molecule has 0 fully saturated rings. The molecular weight excluding hydrogens is 454 g/mol. The zero-order chi connectivity index (χ0) is 23.3. The van der Waals surface area contributed by atoms with E-state index in [4.69, 9.17) is 25.8 Å². The normalized spacial score (nSPS) is 11.1. The number of amides is 1. The van der Waals surface area contributed by atoms with Gasteiger partial charge in [0.2, 0.25) is 5.75 Å². The molecule has 3 rings (SSSR count). The third-order valence-electron chi connectivity index (χ3n) is 4.46. The summed E-state index contributed by atoms with van der Waals surface area (Å²) in [4.78, 5) is 26.1. The molecule has 0 saturated heterocycles. The van der Waals surface area contributed by atoms with Gasteiger partial charge in [-0.05, 0) is 36.4 Å². The van der Waals surface area contributed by atoms with E-state index in [-0.39, 0.29) is 22.8 Å². The highest BCUT2D eigenvalue weighted by molar-refractivity contribution is 7.16. The van der Waals surface area contributed by atoms with Gasteiger partial charge in [-0.1, -0.05) is 29.8 Å². The first-order valence-electron chi connectivity index (χ1n) is 9.29. The Morgan fingerprint density at radius 3 is 2.22 bits per heavy atom. The number of thiophene rings is 1. The Kier molecular flexibility index (Phi) is 7.40. The Hall–Kier alpha value is -3.49. The Bertz CT molecular complexity index is 1160. The fourth-order valence-corrected chi connectivity index (χ4v) is 4.22. The van der Waals surface area contributed by atoms with Crippen LogP contribution in [0.2, 0.25) is 5.02 Å². The molecule has 166 valence electrons. The summed E-state index contributed by atoms with van der Waals surface area (Å²) >= 11 is 7.60. The van der Waals surface area contributed by atoms with E-state index in [0.29, 0.717) is 15.6 Å². The van der Waals surface area contributed by atoms with E-state index in [9.17, 15) is 14.7 Å². The van der Waals surface area contributed by atoms with Crippen molar-refractivity contribution in [3.05, 3.63) is 69.7 Å². The number of aliphatic carboxylic acids is 1. The maximum absolute atomic E-state index is 12.8. The van der Waals surface area contributed by atoms with E-state index in [1.807, 2.05) is 24.3 Å². The summed E-state index contributed by atoms with van der Waals surface area (Å²) in [6.45, 7) is 0. The van der Waals surface area contributed by atoms with Gasteiger partial charge in [-0.15, -0.1) is 11.3 Å². The summed E-state index contributed by atoms with van der Waals surface area (Å²) in [6.07, 6.45) is 1.39. The second-order valence-electron chi connectivity index (χ2n) is 6.41. The number of carbonyl (C=O) groups excluding carboxylic acids is 1. The third-order valence-corrected chi connectivity index (χ3v) is 5.85. The van der Waals surface area contributed by atoms with Gasteiger partial charge in [0, 0.05) is 25.9 Å². The first-order chi connectivity index (χ1) is 15.4. The van der Waals surface area contributed by atoms with Crippen LogP contribution in [0.1, 0.15) is 15.2 Å². The number of halogens is 1. The second-order valence-corrected chi connectivity index (χ2v) is 7.94. The Morgan fingerprint density at radius 2 is 1.66 bits per heavy atom. The molecule has 32 heavy (non-hydrogen) atoms. The van der Waals surface area contributed by atoms with Crippen molar-refractivity contribution in [2.75, 3.05) is 21.3 Å². The monoisotopic (exact) mass is 473 g/mol. The third kappa shape index (κ3) is 5.04. The van der Waals surface area contributed by atoms with Gasteiger partial charge in [-0.25, -0.2) is 4.79 Å². The predicted octanol–water partition coefficient (Wildman–Crippen LogP) is 4.95. The van der Waals surface area contributed by atoms with Crippen molar-refractivity contribution in [1.29, 1.82) is 0 Å². The molecule has 0 aliphatic rings. The Labute approximate surface area is 193 Å². The summed E-state index contributed by atoms with van der Waals surface area (Å²) in [5, 5.41) is 12.6. The van der Waals surface area contributed by atoms with Gasteiger partial charge in [-0.3, -0.25) is 4.79 Å². The molecule has 1 heterocycles. The number of ether oxygens (including phenoxy) is 3. The topological polar surface area (TPSA) is 94.1 Å². The minimum absolute atomic E-state index is 0.148. The molecule has 0 aliphatic carbocycles. The van der Waals surface area contributed by atoms with Crippen molar-refractivity contribution in [1.82, 2.24) is 5.32 Å². The Balaban J connectivity index is 1.89. The predicted molar refractivity (Wildman–Crippen MR) is 124 cm³/mol. The van der Waals surface area contributed by atoms with Crippen LogP contribution in [-0.2, 0) is 4.79 Å². The molecule has 1 aromatic heterocycles. The Morgan fingerprint density at radius 1 is 1.00 bits per heavy atom. The maximum atomic E-state index is 12.8. The van der Waals surface area contributed by atoms with Crippen LogP contribution in [0.3, 0.4) is 0 Å². The van der Waals surface area contributed by atoms with Crippen LogP contribution in [0.15, 0.2) is 54.2 Å². The minimum atomic E-state index is -1.28. The fraction of sp³-hybridized carbons (Fsp3) is 0.130. The summed E-state index contributed by atoms with van der Waals surface area (Å²) in [5.74, 6) is -1.04. The van der Waals surface area contributed by atoms with Crippen LogP contribution >= 0.6 is 22.9 Å². The zero-order valence-corrected chi connectivity index (χ0v) is 19.0. The largest absolute Gasteiger partial charge is 0.493 e. The SMILES string of the molecule is COc1cc(C(=O)NC(=Cc2ccc(-c3ccccc3Cl)s2)C(=O)O)cc(OC)c1OC. The number of carbonyl (C=O) groups is 2. The minimum Gasteiger partial charge on any atom is -0.493 e. The molecule has 9 heteroatoms. The molecule has 0 unspecified atom stereocenters. The summed E-state index contributed by atoms with van der Waals surface area (Å²) < 4.78 is 15.7. The van der Waals surface area contributed by atoms with Crippen LogP contribution < -0.4 is 19.5 Å².